The number of nitrogens with zero attached hydrogens (tertiary/aromatic N) is 2. The topological polar surface area (TPSA) is 111 Å². The first-order valence-electron chi connectivity index (χ1n) is 14.7. The first kappa shape index (κ1) is 31.2. The Morgan fingerprint density at radius 3 is 1.28 bits per heavy atom. The lowest BCUT2D eigenvalue weighted by molar-refractivity contribution is 0.281. The summed E-state index contributed by atoms with van der Waals surface area (Å²) < 4.78 is 32.5. The third-order valence-electron chi connectivity index (χ3n) is 7.75. The SMILES string of the molecule is NCCN(CCN)Cc1ccc(F)c(-c2ccc3sc4ccc(-c5cc(CN(CCN)CCN)ccc5F)cc4c3c2)c1. The Hall–Kier alpha value is -3.28. The highest BCUT2D eigenvalue weighted by Gasteiger charge is 2.15. The summed E-state index contributed by atoms with van der Waals surface area (Å²) in [6.07, 6.45) is 0. The van der Waals surface area contributed by atoms with Crippen molar-refractivity contribution in [3.05, 3.63) is 95.6 Å². The normalized spacial score (nSPS) is 11.9. The molecule has 0 aliphatic heterocycles. The summed E-state index contributed by atoms with van der Waals surface area (Å²) in [6, 6.07) is 22.6. The van der Waals surface area contributed by atoms with E-state index in [-0.39, 0.29) is 11.6 Å². The van der Waals surface area contributed by atoms with Gasteiger partial charge < -0.3 is 22.9 Å². The van der Waals surface area contributed by atoms with Crippen molar-refractivity contribution in [2.45, 2.75) is 13.1 Å². The van der Waals surface area contributed by atoms with Crippen molar-refractivity contribution in [1.82, 2.24) is 9.80 Å². The number of benzene rings is 4. The molecule has 8 N–H and O–H groups in total. The summed E-state index contributed by atoms with van der Waals surface area (Å²) in [7, 11) is 0. The van der Waals surface area contributed by atoms with E-state index in [1.54, 1.807) is 11.3 Å². The van der Waals surface area contributed by atoms with Crippen LogP contribution in [-0.2, 0) is 13.1 Å². The molecule has 5 rings (SSSR count). The van der Waals surface area contributed by atoms with Gasteiger partial charge in [-0.05, 0) is 70.8 Å². The lowest BCUT2D eigenvalue weighted by Crippen LogP contribution is -2.33. The third kappa shape index (κ3) is 7.27. The Balaban J connectivity index is 1.51. The third-order valence-corrected chi connectivity index (χ3v) is 8.90. The zero-order valence-electron chi connectivity index (χ0n) is 24.4. The minimum Gasteiger partial charge on any atom is -0.329 e. The van der Waals surface area contributed by atoms with Gasteiger partial charge in [-0.2, -0.15) is 0 Å². The van der Waals surface area contributed by atoms with Gasteiger partial charge >= 0.3 is 0 Å². The minimum absolute atomic E-state index is 0.273. The second kappa shape index (κ2) is 14.5. The number of hydrogen-bond donors (Lipinski definition) is 4. The number of thiophene rings is 1. The van der Waals surface area contributed by atoms with Crippen molar-refractivity contribution in [2.75, 3.05) is 52.4 Å². The molecule has 0 fully saturated rings. The van der Waals surface area contributed by atoms with Gasteiger partial charge in [-0.3, -0.25) is 9.80 Å². The van der Waals surface area contributed by atoms with Crippen LogP contribution in [0.25, 0.3) is 42.4 Å². The van der Waals surface area contributed by atoms with Crippen molar-refractivity contribution in [1.29, 1.82) is 0 Å². The molecule has 0 spiro atoms. The van der Waals surface area contributed by atoms with Gasteiger partial charge in [0.25, 0.3) is 0 Å². The van der Waals surface area contributed by atoms with Crippen LogP contribution < -0.4 is 22.9 Å². The molecule has 1 aromatic heterocycles. The highest BCUT2D eigenvalue weighted by molar-refractivity contribution is 7.25. The van der Waals surface area contributed by atoms with Gasteiger partial charge in [-0.15, -0.1) is 11.3 Å². The first-order valence-corrected chi connectivity index (χ1v) is 15.5. The molecule has 0 saturated carbocycles. The maximum absolute atomic E-state index is 15.2. The summed E-state index contributed by atoms with van der Waals surface area (Å²) in [5, 5.41) is 2.04. The smallest absolute Gasteiger partial charge is 0.131 e. The van der Waals surface area contributed by atoms with Crippen LogP contribution in [0.3, 0.4) is 0 Å². The molecule has 0 aliphatic rings. The van der Waals surface area contributed by atoms with Crippen LogP contribution in [-0.4, -0.2) is 62.2 Å². The molecule has 0 atom stereocenters. The molecule has 0 aliphatic carbocycles. The minimum atomic E-state index is -0.273. The molecule has 1 heterocycles. The quantitative estimate of drug-likeness (QED) is 0.141. The molecule has 4 aromatic carbocycles. The molecule has 43 heavy (non-hydrogen) atoms. The van der Waals surface area contributed by atoms with Crippen molar-refractivity contribution < 1.29 is 8.78 Å². The van der Waals surface area contributed by atoms with Crippen LogP contribution in [0.15, 0.2) is 72.8 Å². The zero-order chi connectivity index (χ0) is 30.3. The predicted octanol–water partition coefficient (Wildman–Crippen LogP) is 5.11. The van der Waals surface area contributed by atoms with E-state index in [0.717, 1.165) is 68.6 Å². The number of hydrogen-bond acceptors (Lipinski definition) is 7. The maximum Gasteiger partial charge on any atom is 0.131 e. The summed E-state index contributed by atoms with van der Waals surface area (Å²) in [5.74, 6) is -0.547. The average Bonchev–Trinajstić information content (AvgIpc) is 3.37. The highest BCUT2D eigenvalue weighted by Crippen LogP contribution is 2.39. The van der Waals surface area contributed by atoms with E-state index in [2.05, 4.69) is 9.80 Å². The number of nitrogens with two attached hydrogens (primary N) is 4. The van der Waals surface area contributed by atoms with E-state index in [4.69, 9.17) is 22.9 Å². The van der Waals surface area contributed by atoms with E-state index >= 15 is 8.78 Å². The summed E-state index contributed by atoms with van der Waals surface area (Å²) >= 11 is 1.67. The molecule has 0 unspecified atom stereocenters. The van der Waals surface area contributed by atoms with Crippen molar-refractivity contribution in [2.24, 2.45) is 22.9 Å². The lowest BCUT2D eigenvalue weighted by atomic mass is 9.98. The second-order valence-corrected chi connectivity index (χ2v) is 11.9. The van der Waals surface area contributed by atoms with Gasteiger partial charge in [-0.1, -0.05) is 24.3 Å². The second-order valence-electron chi connectivity index (χ2n) is 10.9. The van der Waals surface area contributed by atoms with E-state index in [0.29, 0.717) is 50.4 Å². The molecule has 0 radical (unpaired) electrons. The first-order chi connectivity index (χ1) is 20.9. The Bertz CT molecular complexity index is 1550. The van der Waals surface area contributed by atoms with Crippen LogP contribution in [0.1, 0.15) is 11.1 Å². The largest absolute Gasteiger partial charge is 0.329 e. The number of rotatable bonds is 14. The standard InChI is InChI=1S/C34H40F2N6S/c35-31-5-1-23(21-41(13-9-37)14-10-38)17-27(31)25-3-7-33-29(19-25)30-20-26(4-8-34(30)43-33)28-18-24(2-6-32(28)36)22-42(15-11-39)16-12-40/h1-8,17-20H,9-16,21-22,37-40H2. The van der Waals surface area contributed by atoms with Gasteiger partial charge in [0.05, 0.1) is 0 Å². The van der Waals surface area contributed by atoms with Gasteiger partial charge in [0.15, 0.2) is 0 Å². The average molecular weight is 603 g/mol. The van der Waals surface area contributed by atoms with E-state index in [1.807, 2.05) is 60.7 Å². The fraction of sp³-hybridized carbons (Fsp3) is 0.294. The van der Waals surface area contributed by atoms with Crippen LogP contribution in [0.5, 0.6) is 0 Å². The molecule has 5 aromatic rings. The van der Waals surface area contributed by atoms with Gasteiger partial charge in [0.1, 0.15) is 11.6 Å². The van der Waals surface area contributed by atoms with Crippen molar-refractivity contribution in [3.8, 4) is 22.3 Å². The van der Waals surface area contributed by atoms with Gasteiger partial charge in [0, 0.05) is 96.7 Å². The molecule has 226 valence electrons. The molecule has 6 nitrogen and oxygen atoms in total. The van der Waals surface area contributed by atoms with E-state index in [1.165, 1.54) is 12.1 Å². The fourth-order valence-electron chi connectivity index (χ4n) is 5.68. The summed E-state index contributed by atoms with van der Waals surface area (Å²) in [4.78, 5) is 4.35. The van der Waals surface area contributed by atoms with E-state index in [9.17, 15) is 0 Å². The molecule has 9 heteroatoms. The van der Waals surface area contributed by atoms with Gasteiger partial charge in [0.2, 0.25) is 0 Å². The highest BCUT2D eigenvalue weighted by atomic mass is 32.1. The Morgan fingerprint density at radius 1 is 0.512 bits per heavy atom. The van der Waals surface area contributed by atoms with Crippen LogP contribution in [0.4, 0.5) is 8.78 Å². The summed E-state index contributed by atoms with van der Waals surface area (Å²) in [5.41, 5.74) is 27.8. The fourth-order valence-corrected chi connectivity index (χ4v) is 6.75. The molecule has 0 bridgehead atoms. The molecule has 0 saturated heterocycles. The Kier molecular flexibility index (Phi) is 10.5. The van der Waals surface area contributed by atoms with Crippen LogP contribution in [0.2, 0.25) is 0 Å². The molecule has 0 amide bonds. The van der Waals surface area contributed by atoms with Gasteiger partial charge in [-0.25, -0.2) is 8.78 Å². The summed E-state index contributed by atoms with van der Waals surface area (Å²) in [6.45, 7) is 6.33. The molecular weight excluding hydrogens is 562 g/mol. The Morgan fingerprint density at radius 2 is 0.907 bits per heavy atom. The van der Waals surface area contributed by atoms with Crippen molar-refractivity contribution in [3.63, 3.8) is 0 Å². The number of fused-ring (bicyclic) bond motifs is 3. The van der Waals surface area contributed by atoms with E-state index < -0.39 is 0 Å². The lowest BCUT2D eigenvalue weighted by Gasteiger charge is -2.21. The predicted molar refractivity (Wildman–Crippen MR) is 177 cm³/mol. The zero-order valence-corrected chi connectivity index (χ0v) is 25.2. The number of halogens is 2. The monoisotopic (exact) mass is 602 g/mol. The molecular formula is C34H40F2N6S. The van der Waals surface area contributed by atoms with Crippen LogP contribution >= 0.6 is 11.3 Å². The van der Waals surface area contributed by atoms with Crippen molar-refractivity contribution >= 4 is 31.5 Å². The maximum atomic E-state index is 15.2. The Labute approximate surface area is 255 Å². The van der Waals surface area contributed by atoms with Crippen LogP contribution in [0, 0.1) is 11.6 Å².